The lowest BCUT2D eigenvalue weighted by Gasteiger charge is -2.45. The molecule has 1 N–H and O–H groups in total. The van der Waals surface area contributed by atoms with Crippen LogP contribution in [0, 0.1) is 0 Å². The number of hydrogen-bond donors (Lipinski definition) is 1. The van der Waals surface area contributed by atoms with Crippen molar-refractivity contribution in [3.05, 3.63) is 0 Å². The van der Waals surface area contributed by atoms with Crippen LogP contribution in [0.1, 0.15) is 38.5 Å². The molecule has 5 nitrogen and oxygen atoms in total. The topological polar surface area (TPSA) is 38.8 Å². The zero-order valence-electron chi connectivity index (χ0n) is 14.3. The molecular weight excluding hydrogens is 276 g/mol. The summed E-state index contributed by atoms with van der Waals surface area (Å²) in [7, 11) is 4.28. The van der Waals surface area contributed by atoms with Gasteiger partial charge in [-0.05, 0) is 46.3 Å². The van der Waals surface area contributed by atoms with E-state index in [1.807, 2.05) is 0 Å². The van der Waals surface area contributed by atoms with E-state index in [2.05, 4.69) is 34.1 Å². The highest BCUT2D eigenvalue weighted by Gasteiger charge is 2.41. The Bertz CT molecular complexity index is 386. The maximum Gasteiger partial charge on any atom is 0.237 e. The predicted octanol–water partition coefficient (Wildman–Crippen LogP) is 0.757. The van der Waals surface area contributed by atoms with E-state index in [0.717, 1.165) is 52.1 Å². The summed E-state index contributed by atoms with van der Waals surface area (Å²) in [5.74, 6) is 0.250. The van der Waals surface area contributed by atoms with Gasteiger partial charge in [0.15, 0.2) is 0 Å². The van der Waals surface area contributed by atoms with Crippen molar-refractivity contribution in [2.75, 3.05) is 53.4 Å². The van der Waals surface area contributed by atoms with Crippen molar-refractivity contribution >= 4 is 5.91 Å². The normalized spacial score (nSPS) is 30.7. The van der Waals surface area contributed by atoms with Crippen LogP contribution in [0.4, 0.5) is 0 Å². The smallest absolute Gasteiger partial charge is 0.237 e. The Morgan fingerprint density at radius 1 is 1.05 bits per heavy atom. The fourth-order valence-electron chi connectivity index (χ4n) is 4.53. The van der Waals surface area contributed by atoms with Gasteiger partial charge >= 0.3 is 0 Å². The summed E-state index contributed by atoms with van der Waals surface area (Å²) in [6, 6.07) is 0.103. The van der Waals surface area contributed by atoms with Crippen molar-refractivity contribution in [1.29, 1.82) is 0 Å². The molecule has 3 fully saturated rings. The minimum absolute atomic E-state index is 0.103. The Kier molecular flexibility index (Phi) is 5.05. The lowest BCUT2D eigenvalue weighted by Crippen LogP contribution is -2.60. The van der Waals surface area contributed by atoms with Crippen LogP contribution >= 0.6 is 0 Å². The third-order valence-electron chi connectivity index (χ3n) is 6.12. The van der Waals surface area contributed by atoms with E-state index < -0.39 is 0 Å². The maximum atomic E-state index is 12.5. The lowest BCUT2D eigenvalue weighted by atomic mass is 9.93. The van der Waals surface area contributed by atoms with Crippen LogP contribution in [0.5, 0.6) is 0 Å². The number of carbonyl (C=O) groups excluding carboxylic acids is 1. The van der Waals surface area contributed by atoms with E-state index in [1.165, 1.54) is 25.7 Å². The lowest BCUT2D eigenvalue weighted by molar-refractivity contribution is -0.125. The van der Waals surface area contributed by atoms with Gasteiger partial charge in [-0.2, -0.15) is 0 Å². The fourth-order valence-corrected chi connectivity index (χ4v) is 4.53. The summed E-state index contributed by atoms with van der Waals surface area (Å²) >= 11 is 0. The van der Waals surface area contributed by atoms with Gasteiger partial charge in [-0.15, -0.1) is 0 Å². The van der Waals surface area contributed by atoms with Gasteiger partial charge < -0.3 is 10.2 Å². The summed E-state index contributed by atoms with van der Waals surface area (Å²) in [6.07, 6.45) is 7.29. The van der Waals surface area contributed by atoms with Gasteiger partial charge in [-0.1, -0.05) is 12.8 Å². The second kappa shape index (κ2) is 6.85. The Labute approximate surface area is 135 Å². The number of nitrogens with one attached hydrogen (secondary N) is 1. The number of rotatable bonds is 4. The minimum Gasteiger partial charge on any atom is -0.353 e. The minimum atomic E-state index is 0.103. The van der Waals surface area contributed by atoms with Crippen LogP contribution in [0.3, 0.4) is 0 Å². The zero-order valence-corrected chi connectivity index (χ0v) is 14.3. The first kappa shape index (κ1) is 16.2. The number of likely N-dealkylation sites (N-methyl/N-ethyl adjacent to an activating group) is 2. The van der Waals surface area contributed by atoms with E-state index in [-0.39, 0.29) is 17.5 Å². The van der Waals surface area contributed by atoms with Crippen molar-refractivity contribution in [2.45, 2.75) is 50.1 Å². The van der Waals surface area contributed by atoms with E-state index >= 15 is 0 Å². The molecule has 0 bridgehead atoms. The third-order valence-corrected chi connectivity index (χ3v) is 6.12. The number of nitrogens with zero attached hydrogens (tertiary/aromatic N) is 3. The molecule has 3 aliphatic rings. The average molecular weight is 308 g/mol. The summed E-state index contributed by atoms with van der Waals surface area (Å²) in [5.41, 5.74) is 0.230. The van der Waals surface area contributed by atoms with E-state index in [0.29, 0.717) is 0 Å². The molecule has 0 radical (unpaired) electrons. The van der Waals surface area contributed by atoms with Crippen molar-refractivity contribution in [2.24, 2.45) is 0 Å². The molecule has 1 atom stereocenters. The highest BCUT2D eigenvalue weighted by atomic mass is 16.2. The van der Waals surface area contributed by atoms with Gasteiger partial charge in [0.2, 0.25) is 5.91 Å². The second-order valence-corrected chi connectivity index (χ2v) is 7.58. The van der Waals surface area contributed by atoms with Gasteiger partial charge in [0.25, 0.3) is 0 Å². The average Bonchev–Trinajstić information content (AvgIpc) is 3.15. The third kappa shape index (κ3) is 3.31. The van der Waals surface area contributed by atoms with E-state index in [9.17, 15) is 4.79 Å². The van der Waals surface area contributed by atoms with Crippen LogP contribution in [-0.4, -0.2) is 85.6 Å². The van der Waals surface area contributed by atoms with Crippen molar-refractivity contribution in [3.63, 3.8) is 0 Å². The first-order valence-corrected chi connectivity index (χ1v) is 9.02. The maximum absolute atomic E-state index is 12.5. The van der Waals surface area contributed by atoms with E-state index in [1.54, 1.807) is 0 Å². The predicted molar refractivity (Wildman–Crippen MR) is 88.9 cm³/mol. The molecule has 0 aromatic carbocycles. The molecule has 126 valence electrons. The number of likely N-dealkylation sites (tertiary alicyclic amines) is 1. The van der Waals surface area contributed by atoms with Gasteiger partial charge in [0.1, 0.15) is 0 Å². The number of piperazine rings is 1. The molecular formula is C17H32N4O. The number of carbonyl (C=O) groups is 1. The van der Waals surface area contributed by atoms with Gasteiger partial charge in [0, 0.05) is 38.3 Å². The van der Waals surface area contributed by atoms with Crippen LogP contribution < -0.4 is 5.32 Å². The molecule has 2 saturated heterocycles. The Morgan fingerprint density at radius 3 is 2.32 bits per heavy atom. The van der Waals surface area contributed by atoms with Gasteiger partial charge in [0.05, 0.1) is 6.04 Å². The summed E-state index contributed by atoms with van der Waals surface area (Å²) < 4.78 is 0. The van der Waals surface area contributed by atoms with E-state index in [4.69, 9.17) is 0 Å². The van der Waals surface area contributed by atoms with Crippen molar-refractivity contribution in [3.8, 4) is 0 Å². The van der Waals surface area contributed by atoms with Crippen LogP contribution in [-0.2, 0) is 4.79 Å². The number of hydrogen-bond acceptors (Lipinski definition) is 4. The van der Waals surface area contributed by atoms with Gasteiger partial charge in [-0.3, -0.25) is 14.6 Å². The second-order valence-electron chi connectivity index (χ2n) is 7.58. The summed E-state index contributed by atoms with van der Waals surface area (Å²) in [4.78, 5) is 19.8. The molecule has 3 rings (SSSR count). The number of amides is 1. The standard InChI is InChI=1S/C17H32N4O/c1-19-10-12-21(13-11-19)17(7-3-4-8-17)14-18-16(22)15-6-5-9-20(15)2/h15H,3-14H2,1-2H3,(H,18,22)/t15-/m0/s1. The van der Waals surface area contributed by atoms with Gasteiger partial charge in [-0.25, -0.2) is 0 Å². The van der Waals surface area contributed by atoms with Crippen LogP contribution in [0.15, 0.2) is 0 Å². The molecule has 0 aromatic heterocycles. The largest absolute Gasteiger partial charge is 0.353 e. The van der Waals surface area contributed by atoms with Crippen molar-refractivity contribution in [1.82, 2.24) is 20.0 Å². The summed E-state index contributed by atoms with van der Waals surface area (Å²) in [5, 5.41) is 3.31. The first-order valence-electron chi connectivity index (χ1n) is 9.02. The molecule has 2 aliphatic heterocycles. The highest BCUT2D eigenvalue weighted by molar-refractivity contribution is 5.82. The Hall–Kier alpha value is -0.650. The molecule has 1 amide bonds. The summed E-state index contributed by atoms with van der Waals surface area (Å²) in [6.45, 7) is 6.51. The molecule has 2 heterocycles. The molecule has 0 spiro atoms. The van der Waals surface area contributed by atoms with Crippen LogP contribution in [0.2, 0.25) is 0 Å². The molecule has 1 aliphatic carbocycles. The Morgan fingerprint density at radius 2 is 1.73 bits per heavy atom. The monoisotopic (exact) mass is 308 g/mol. The highest BCUT2D eigenvalue weighted by Crippen LogP contribution is 2.35. The molecule has 0 unspecified atom stereocenters. The van der Waals surface area contributed by atoms with Crippen molar-refractivity contribution < 1.29 is 4.79 Å². The molecule has 22 heavy (non-hydrogen) atoms. The Balaban J connectivity index is 1.58. The van der Waals surface area contributed by atoms with Crippen LogP contribution in [0.25, 0.3) is 0 Å². The quantitative estimate of drug-likeness (QED) is 0.832. The molecule has 1 saturated carbocycles. The first-order chi connectivity index (χ1) is 10.6. The zero-order chi connectivity index (χ0) is 15.6. The molecule has 0 aromatic rings. The molecule has 5 heteroatoms. The fraction of sp³-hybridized carbons (Fsp3) is 0.941. The SMILES string of the molecule is CN1CCN(C2(CNC(=O)[C@@H]3CCCN3C)CCCC2)CC1.